The fourth-order valence-corrected chi connectivity index (χ4v) is 2.54. The van der Waals surface area contributed by atoms with Gasteiger partial charge in [-0.15, -0.1) is 12.4 Å². The van der Waals surface area contributed by atoms with Crippen LogP contribution in [0.5, 0.6) is 5.75 Å². The zero-order valence-electron chi connectivity index (χ0n) is 12.6. The van der Waals surface area contributed by atoms with Crippen molar-refractivity contribution in [3.8, 4) is 5.75 Å². The molecule has 1 aliphatic heterocycles. The van der Waals surface area contributed by atoms with Crippen molar-refractivity contribution in [2.75, 3.05) is 13.1 Å². The van der Waals surface area contributed by atoms with E-state index in [1.807, 2.05) is 30.3 Å². The zero-order valence-corrected chi connectivity index (χ0v) is 13.4. The van der Waals surface area contributed by atoms with E-state index in [1.165, 1.54) is 29.5 Å². The highest BCUT2D eigenvalue weighted by molar-refractivity contribution is 5.85. The Morgan fingerprint density at radius 1 is 1.00 bits per heavy atom. The second-order valence-corrected chi connectivity index (χ2v) is 5.43. The summed E-state index contributed by atoms with van der Waals surface area (Å²) in [5.41, 5.74) is 3.93. The largest absolute Gasteiger partial charge is 0.489 e. The molecule has 116 valence electrons. The number of ether oxygens (including phenoxy) is 1. The minimum atomic E-state index is 0. The van der Waals surface area contributed by atoms with Gasteiger partial charge in [0.05, 0.1) is 0 Å². The number of hydrogen-bond acceptors (Lipinski definition) is 2. The van der Waals surface area contributed by atoms with Gasteiger partial charge in [0.2, 0.25) is 0 Å². The maximum absolute atomic E-state index is 5.80. The highest BCUT2D eigenvalue weighted by atomic mass is 35.5. The molecule has 0 spiro atoms. The number of rotatable bonds is 4. The zero-order chi connectivity index (χ0) is 14.3. The van der Waals surface area contributed by atoms with Crippen molar-refractivity contribution in [2.45, 2.75) is 19.4 Å². The highest BCUT2D eigenvalue weighted by Crippen LogP contribution is 2.18. The molecular formula is C19H22ClNO. The first-order valence-electron chi connectivity index (χ1n) is 7.57. The van der Waals surface area contributed by atoms with E-state index in [9.17, 15) is 0 Å². The van der Waals surface area contributed by atoms with E-state index in [2.05, 4.69) is 35.7 Å². The van der Waals surface area contributed by atoms with Crippen LogP contribution in [0.2, 0.25) is 0 Å². The van der Waals surface area contributed by atoms with Crippen LogP contribution in [0.1, 0.15) is 24.0 Å². The monoisotopic (exact) mass is 315 g/mol. The minimum Gasteiger partial charge on any atom is -0.489 e. The van der Waals surface area contributed by atoms with Gasteiger partial charge in [0.15, 0.2) is 0 Å². The third-order valence-electron chi connectivity index (χ3n) is 3.70. The lowest BCUT2D eigenvalue weighted by Crippen LogP contribution is -2.23. The summed E-state index contributed by atoms with van der Waals surface area (Å²) in [7, 11) is 0. The molecule has 22 heavy (non-hydrogen) atoms. The van der Waals surface area contributed by atoms with Gasteiger partial charge in [-0.3, -0.25) is 0 Å². The van der Waals surface area contributed by atoms with Crippen molar-refractivity contribution in [2.24, 2.45) is 0 Å². The van der Waals surface area contributed by atoms with Crippen LogP contribution in [0.3, 0.4) is 0 Å². The number of piperidine rings is 1. The molecule has 0 amide bonds. The molecule has 1 aliphatic rings. The lowest BCUT2D eigenvalue weighted by atomic mass is 10.0. The van der Waals surface area contributed by atoms with Gasteiger partial charge in [0.25, 0.3) is 0 Å². The van der Waals surface area contributed by atoms with Crippen LogP contribution < -0.4 is 10.1 Å². The van der Waals surface area contributed by atoms with Crippen LogP contribution in [0.15, 0.2) is 60.2 Å². The Bertz CT molecular complexity index is 585. The predicted molar refractivity (Wildman–Crippen MR) is 94.5 cm³/mol. The average Bonchev–Trinajstić information content (AvgIpc) is 2.56. The topological polar surface area (TPSA) is 21.3 Å². The maximum Gasteiger partial charge on any atom is 0.119 e. The fourth-order valence-electron chi connectivity index (χ4n) is 2.54. The van der Waals surface area contributed by atoms with Crippen molar-refractivity contribution in [3.63, 3.8) is 0 Å². The Morgan fingerprint density at radius 2 is 1.77 bits per heavy atom. The maximum atomic E-state index is 5.80. The molecule has 1 N–H and O–H groups in total. The Hall–Kier alpha value is -1.77. The molecule has 3 rings (SSSR count). The van der Waals surface area contributed by atoms with Crippen LogP contribution in [0.25, 0.3) is 6.08 Å². The molecule has 0 aliphatic carbocycles. The number of nitrogens with one attached hydrogen (secondary N) is 1. The van der Waals surface area contributed by atoms with Gasteiger partial charge in [-0.2, -0.15) is 0 Å². The smallest absolute Gasteiger partial charge is 0.119 e. The first-order valence-corrected chi connectivity index (χ1v) is 7.57. The summed E-state index contributed by atoms with van der Waals surface area (Å²) in [6.45, 7) is 2.78. The van der Waals surface area contributed by atoms with E-state index in [0.29, 0.717) is 6.61 Å². The SMILES string of the molecule is C(=C1CCCNC1)c1ccc(OCc2ccccc2)cc1.Cl. The van der Waals surface area contributed by atoms with Crippen molar-refractivity contribution in [3.05, 3.63) is 71.3 Å². The van der Waals surface area contributed by atoms with Gasteiger partial charge in [0.1, 0.15) is 12.4 Å². The Morgan fingerprint density at radius 3 is 2.45 bits per heavy atom. The molecule has 0 saturated carbocycles. The normalized spacial score (nSPS) is 16.1. The molecular weight excluding hydrogens is 294 g/mol. The molecule has 1 fully saturated rings. The molecule has 0 aromatic heterocycles. The van der Waals surface area contributed by atoms with Crippen LogP contribution in [0.4, 0.5) is 0 Å². The quantitative estimate of drug-likeness (QED) is 0.899. The van der Waals surface area contributed by atoms with E-state index < -0.39 is 0 Å². The van der Waals surface area contributed by atoms with Gasteiger partial charge < -0.3 is 10.1 Å². The first-order chi connectivity index (χ1) is 10.4. The van der Waals surface area contributed by atoms with Gasteiger partial charge in [-0.25, -0.2) is 0 Å². The van der Waals surface area contributed by atoms with Crippen molar-refractivity contribution in [1.29, 1.82) is 0 Å². The summed E-state index contributed by atoms with van der Waals surface area (Å²) in [5.74, 6) is 0.919. The van der Waals surface area contributed by atoms with Gasteiger partial charge in [-0.1, -0.05) is 54.1 Å². The lowest BCUT2D eigenvalue weighted by Gasteiger charge is -2.15. The van der Waals surface area contributed by atoms with Gasteiger partial charge in [-0.05, 0) is 42.6 Å². The second kappa shape index (κ2) is 8.62. The number of benzene rings is 2. The van der Waals surface area contributed by atoms with Gasteiger partial charge in [0, 0.05) is 6.54 Å². The van der Waals surface area contributed by atoms with Crippen molar-refractivity contribution in [1.82, 2.24) is 5.32 Å². The third-order valence-corrected chi connectivity index (χ3v) is 3.70. The molecule has 1 heterocycles. The van der Waals surface area contributed by atoms with Crippen LogP contribution in [-0.2, 0) is 6.61 Å². The predicted octanol–water partition coefficient (Wildman–Crippen LogP) is 4.45. The summed E-state index contributed by atoms with van der Waals surface area (Å²) in [6, 6.07) is 18.6. The molecule has 0 radical (unpaired) electrons. The van der Waals surface area contributed by atoms with Crippen molar-refractivity contribution >= 4 is 18.5 Å². The molecule has 0 bridgehead atoms. The number of hydrogen-bond donors (Lipinski definition) is 1. The van der Waals surface area contributed by atoms with Crippen molar-refractivity contribution < 1.29 is 4.74 Å². The lowest BCUT2D eigenvalue weighted by molar-refractivity contribution is 0.306. The van der Waals surface area contributed by atoms with E-state index in [-0.39, 0.29) is 12.4 Å². The molecule has 2 aromatic carbocycles. The van der Waals surface area contributed by atoms with Crippen LogP contribution >= 0.6 is 12.4 Å². The van der Waals surface area contributed by atoms with E-state index in [0.717, 1.165) is 18.8 Å². The average molecular weight is 316 g/mol. The summed E-state index contributed by atoms with van der Waals surface area (Å²) < 4.78 is 5.80. The highest BCUT2D eigenvalue weighted by Gasteiger charge is 2.04. The third kappa shape index (κ3) is 4.90. The Balaban J connectivity index is 0.00000176. The molecule has 0 unspecified atom stereocenters. The minimum absolute atomic E-state index is 0. The van der Waals surface area contributed by atoms with Gasteiger partial charge >= 0.3 is 0 Å². The standard InChI is InChI=1S/C19H21NO.ClH/c1-2-5-17(6-3-1)15-21-19-10-8-16(9-11-19)13-18-7-4-12-20-14-18;/h1-3,5-6,8-11,13,20H,4,7,12,14-15H2;1H. The Kier molecular flexibility index (Phi) is 6.50. The number of halogens is 1. The summed E-state index contributed by atoms with van der Waals surface area (Å²) >= 11 is 0. The molecule has 0 atom stereocenters. The first kappa shape index (κ1) is 16.6. The second-order valence-electron chi connectivity index (χ2n) is 5.43. The van der Waals surface area contributed by atoms with Crippen LogP contribution in [-0.4, -0.2) is 13.1 Å². The summed E-state index contributed by atoms with van der Waals surface area (Å²) in [5, 5.41) is 3.41. The molecule has 3 heteroatoms. The van der Waals surface area contributed by atoms with E-state index in [1.54, 1.807) is 0 Å². The van der Waals surface area contributed by atoms with E-state index >= 15 is 0 Å². The summed E-state index contributed by atoms with van der Waals surface area (Å²) in [4.78, 5) is 0. The molecule has 2 aromatic rings. The summed E-state index contributed by atoms with van der Waals surface area (Å²) in [6.07, 6.45) is 4.73. The molecule has 2 nitrogen and oxygen atoms in total. The van der Waals surface area contributed by atoms with E-state index in [4.69, 9.17) is 4.74 Å². The van der Waals surface area contributed by atoms with Crippen LogP contribution in [0, 0.1) is 0 Å². The Labute approximate surface area is 138 Å². The fraction of sp³-hybridized carbons (Fsp3) is 0.263. The molecule has 1 saturated heterocycles.